The fraction of sp³-hybridized carbons (Fsp3) is 0.500. The third-order valence-electron chi connectivity index (χ3n) is 3.02. The van der Waals surface area contributed by atoms with Gasteiger partial charge in [0.15, 0.2) is 0 Å². The molecule has 1 aromatic heterocycles. The maximum Gasteiger partial charge on any atom is 0.273 e. The summed E-state index contributed by atoms with van der Waals surface area (Å²) < 4.78 is 0.737. The molecule has 0 unspecified atom stereocenters. The largest absolute Gasteiger partial charge is 0.340 e. The molecule has 5 heteroatoms. The SMILES string of the molecule is CN(CC1CC(Cl)C1)C(=O)c1ncccc1Br. The molecule has 0 spiro atoms. The number of amides is 1. The summed E-state index contributed by atoms with van der Waals surface area (Å²) in [6.07, 6.45) is 3.63. The Morgan fingerprint density at radius 3 is 2.94 bits per heavy atom. The van der Waals surface area contributed by atoms with Gasteiger partial charge in [0.2, 0.25) is 0 Å². The van der Waals surface area contributed by atoms with Crippen molar-refractivity contribution in [1.82, 2.24) is 9.88 Å². The standard InChI is InChI=1S/C12H14BrClN2O/c1-16(7-8-5-9(14)6-8)12(17)11-10(13)3-2-4-15-11/h2-4,8-9H,5-7H2,1H3. The van der Waals surface area contributed by atoms with E-state index in [2.05, 4.69) is 20.9 Å². The van der Waals surface area contributed by atoms with Crippen LogP contribution >= 0.6 is 27.5 Å². The number of hydrogen-bond donors (Lipinski definition) is 0. The second-order valence-electron chi connectivity index (χ2n) is 4.45. The summed E-state index contributed by atoms with van der Waals surface area (Å²) in [4.78, 5) is 17.9. The second kappa shape index (κ2) is 5.36. The highest BCUT2D eigenvalue weighted by Gasteiger charge is 2.29. The van der Waals surface area contributed by atoms with Gasteiger partial charge in [-0.05, 0) is 46.8 Å². The second-order valence-corrected chi connectivity index (χ2v) is 5.93. The summed E-state index contributed by atoms with van der Waals surface area (Å²) in [5, 5.41) is 0.296. The average molecular weight is 318 g/mol. The Kier molecular flexibility index (Phi) is 4.05. The number of nitrogens with zero attached hydrogens (tertiary/aromatic N) is 2. The zero-order valence-corrected chi connectivity index (χ0v) is 11.9. The van der Waals surface area contributed by atoms with Crippen LogP contribution in [0.5, 0.6) is 0 Å². The van der Waals surface area contributed by atoms with Crippen molar-refractivity contribution in [1.29, 1.82) is 0 Å². The Balaban J connectivity index is 1.97. The van der Waals surface area contributed by atoms with Crippen molar-refractivity contribution in [3.63, 3.8) is 0 Å². The molecular weight excluding hydrogens is 304 g/mol. The van der Waals surface area contributed by atoms with E-state index in [1.165, 1.54) is 0 Å². The van der Waals surface area contributed by atoms with Gasteiger partial charge < -0.3 is 4.90 Å². The number of hydrogen-bond acceptors (Lipinski definition) is 2. The predicted octanol–water partition coefficient (Wildman–Crippen LogP) is 2.93. The molecule has 0 aromatic carbocycles. The molecule has 1 aliphatic rings. The number of carbonyl (C=O) groups excluding carboxylic acids is 1. The molecule has 0 atom stereocenters. The van der Waals surface area contributed by atoms with Crippen LogP contribution in [0.1, 0.15) is 23.3 Å². The van der Waals surface area contributed by atoms with Crippen molar-refractivity contribution < 1.29 is 4.79 Å². The van der Waals surface area contributed by atoms with Gasteiger partial charge in [-0.1, -0.05) is 0 Å². The quantitative estimate of drug-likeness (QED) is 0.803. The zero-order chi connectivity index (χ0) is 12.4. The van der Waals surface area contributed by atoms with E-state index in [0.29, 0.717) is 17.0 Å². The lowest BCUT2D eigenvalue weighted by Gasteiger charge is -2.34. The zero-order valence-electron chi connectivity index (χ0n) is 9.57. The van der Waals surface area contributed by atoms with Gasteiger partial charge in [0.25, 0.3) is 5.91 Å². The monoisotopic (exact) mass is 316 g/mol. The van der Waals surface area contributed by atoms with Crippen molar-refractivity contribution in [2.75, 3.05) is 13.6 Å². The normalized spacial score (nSPS) is 23.0. The Hall–Kier alpha value is -0.610. The number of aromatic nitrogens is 1. The lowest BCUT2D eigenvalue weighted by molar-refractivity contribution is 0.0740. The van der Waals surface area contributed by atoms with Crippen molar-refractivity contribution in [2.45, 2.75) is 18.2 Å². The molecule has 1 aromatic rings. The number of alkyl halides is 1. The molecule has 3 nitrogen and oxygen atoms in total. The van der Waals surface area contributed by atoms with Crippen LogP contribution in [0.3, 0.4) is 0 Å². The third kappa shape index (κ3) is 2.99. The van der Waals surface area contributed by atoms with Crippen LogP contribution in [0.2, 0.25) is 0 Å². The van der Waals surface area contributed by atoms with E-state index in [9.17, 15) is 4.79 Å². The molecule has 92 valence electrons. The molecule has 2 rings (SSSR count). The molecule has 0 saturated heterocycles. The van der Waals surface area contributed by atoms with E-state index in [1.807, 2.05) is 13.1 Å². The Morgan fingerprint density at radius 1 is 1.65 bits per heavy atom. The summed E-state index contributed by atoms with van der Waals surface area (Å²) in [7, 11) is 1.81. The van der Waals surface area contributed by atoms with Crippen LogP contribution in [0.4, 0.5) is 0 Å². The fourth-order valence-electron chi connectivity index (χ4n) is 2.00. The molecule has 1 saturated carbocycles. The molecule has 0 N–H and O–H groups in total. The molecule has 1 heterocycles. The average Bonchev–Trinajstić information content (AvgIpc) is 2.26. The van der Waals surface area contributed by atoms with Crippen molar-refractivity contribution >= 4 is 33.4 Å². The van der Waals surface area contributed by atoms with Crippen LogP contribution in [-0.4, -0.2) is 34.8 Å². The minimum absolute atomic E-state index is 0.0458. The lowest BCUT2D eigenvalue weighted by atomic mass is 9.84. The first-order valence-corrected chi connectivity index (χ1v) is 6.81. The molecule has 1 amide bonds. The van der Waals surface area contributed by atoms with Crippen LogP contribution in [0.15, 0.2) is 22.8 Å². The van der Waals surface area contributed by atoms with E-state index in [4.69, 9.17) is 11.6 Å². The molecule has 0 aliphatic heterocycles. The molecule has 0 radical (unpaired) electrons. The molecular formula is C12H14BrClN2O. The highest BCUT2D eigenvalue weighted by molar-refractivity contribution is 9.10. The van der Waals surface area contributed by atoms with Gasteiger partial charge in [-0.15, -0.1) is 11.6 Å². The van der Waals surface area contributed by atoms with Gasteiger partial charge in [0.05, 0.1) is 0 Å². The first-order valence-electron chi connectivity index (χ1n) is 5.58. The Bertz CT molecular complexity index is 421. The van der Waals surface area contributed by atoms with E-state index < -0.39 is 0 Å². The number of rotatable bonds is 3. The van der Waals surface area contributed by atoms with E-state index in [1.54, 1.807) is 17.2 Å². The minimum atomic E-state index is -0.0458. The Labute approximate surface area is 114 Å². The highest BCUT2D eigenvalue weighted by atomic mass is 79.9. The number of halogens is 2. The maximum atomic E-state index is 12.1. The van der Waals surface area contributed by atoms with E-state index in [-0.39, 0.29) is 5.91 Å². The van der Waals surface area contributed by atoms with Crippen molar-refractivity contribution in [3.8, 4) is 0 Å². The van der Waals surface area contributed by atoms with Crippen LogP contribution < -0.4 is 0 Å². The van der Waals surface area contributed by atoms with Crippen LogP contribution in [0, 0.1) is 5.92 Å². The van der Waals surface area contributed by atoms with Crippen molar-refractivity contribution in [2.24, 2.45) is 5.92 Å². The minimum Gasteiger partial charge on any atom is -0.340 e. The van der Waals surface area contributed by atoms with Gasteiger partial charge in [-0.25, -0.2) is 4.98 Å². The number of pyridine rings is 1. The van der Waals surface area contributed by atoms with E-state index >= 15 is 0 Å². The summed E-state index contributed by atoms with van der Waals surface area (Å²) >= 11 is 9.27. The summed E-state index contributed by atoms with van der Waals surface area (Å²) in [5.74, 6) is 0.490. The van der Waals surface area contributed by atoms with Gasteiger partial charge in [-0.2, -0.15) is 0 Å². The number of carbonyl (C=O) groups is 1. The predicted molar refractivity (Wildman–Crippen MR) is 71.3 cm³/mol. The van der Waals surface area contributed by atoms with Gasteiger partial charge in [0, 0.05) is 29.6 Å². The smallest absolute Gasteiger partial charge is 0.273 e. The fourth-order valence-corrected chi connectivity index (χ4v) is 2.93. The van der Waals surface area contributed by atoms with Gasteiger partial charge in [0.1, 0.15) is 5.69 Å². The highest BCUT2D eigenvalue weighted by Crippen LogP contribution is 2.32. The first kappa shape index (κ1) is 12.8. The van der Waals surface area contributed by atoms with E-state index in [0.717, 1.165) is 23.9 Å². The first-order chi connectivity index (χ1) is 8.08. The summed E-state index contributed by atoms with van der Waals surface area (Å²) in [6, 6.07) is 3.62. The maximum absolute atomic E-state index is 12.1. The molecule has 17 heavy (non-hydrogen) atoms. The van der Waals surface area contributed by atoms with Gasteiger partial charge >= 0.3 is 0 Å². The summed E-state index contributed by atoms with van der Waals surface area (Å²) in [6.45, 7) is 0.755. The summed E-state index contributed by atoms with van der Waals surface area (Å²) in [5.41, 5.74) is 0.469. The third-order valence-corrected chi connectivity index (χ3v) is 4.01. The van der Waals surface area contributed by atoms with Crippen molar-refractivity contribution in [3.05, 3.63) is 28.5 Å². The lowest BCUT2D eigenvalue weighted by Crippen LogP contribution is -2.38. The molecule has 0 bridgehead atoms. The van der Waals surface area contributed by atoms with Crippen LogP contribution in [-0.2, 0) is 0 Å². The Morgan fingerprint density at radius 2 is 2.35 bits per heavy atom. The van der Waals surface area contributed by atoms with Crippen LogP contribution in [0.25, 0.3) is 0 Å². The van der Waals surface area contributed by atoms with Gasteiger partial charge in [-0.3, -0.25) is 4.79 Å². The molecule has 1 fully saturated rings. The molecule has 1 aliphatic carbocycles. The topological polar surface area (TPSA) is 33.2 Å².